The van der Waals surface area contributed by atoms with Crippen LogP contribution in [-0.2, 0) is 42.6 Å². The number of hydrogen-bond donors (Lipinski definition) is 0. The molecule has 5 heterocycles. The van der Waals surface area contributed by atoms with Crippen LogP contribution in [0.4, 0.5) is 0 Å². The van der Waals surface area contributed by atoms with Gasteiger partial charge in [0.05, 0.1) is 18.8 Å². The average Bonchev–Trinajstić information content (AvgIpc) is 3.23. The maximum atomic E-state index is 6.19. The molecule has 0 aromatic rings. The number of rotatable bonds is 3. The van der Waals surface area contributed by atoms with Crippen LogP contribution in [0, 0.1) is 0 Å². The van der Waals surface area contributed by atoms with Crippen LogP contribution in [-0.4, -0.2) is 79.8 Å². The molecule has 5 rings (SSSR count). The Morgan fingerprint density at radius 2 is 1.45 bits per heavy atom. The van der Waals surface area contributed by atoms with Gasteiger partial charge in [-0.25, -0.2) is 0 Å². The summed E-state index contributed by atoms with van der Waals surface area (Å²) in [5.41, 5.74) is 0. The molecule has 0 aromatic heterocycles. The van der Waals surface area contributed by atoms with E-state index in [0.717, 1.165) is 0 Å². The van der Waals surface area contributed by atoms with Crippen molar-refractivity contribution >= 4 is 0 Å². The first-order chi connectivity index (χ1) is 13.6. The Labute approximate surface area is 171 Å². The van der Waals surface area contributed by atoms with Crippen LogP contribution in [0.1, 0.15) is 48.0 Å². The van der Waals surface area contributed by atoms with Crippen molar-refractivity contribution in [2.45, 2.75) is 121 Å². The highest BCUT2D eigenvalue weighted by molar-refractivity contribution is 5.00. The van der Waals surface area contributed by atoms with E-state index in [1.807, 2.05) is 41.5 Å². The number of fused-ring (bicyclic) bond motifs is 4. The van der Waals surface area contributed by atoms with E-state index in [4.69, 9.17) is 42.6 Å². The van der Waals surface area contributed by atoms with Gasteiger partial charge in [0.25, 0.3) is 0 Å². The van der Waals surface area contributed by atoms with Crippen LogP contribution < -0.4 is 0 Å². The first-order valence-corrected chi connectivity index (χ1v) is 10.5. The molecule has 5 aliphatic rings. The summed E-state index contributed by atoms with van der Waals surface area (Å²) in [6, 6.07) is 0. The van der Waals surface area contributed by atoms with Crippen molar-refractivity contribution in [2.24, 2.45) is 0 Å². The normalized spacial score (nSPS) is 52.8. The van der Waals surface area contributed by atoms with Gasteiger partial charge in [-0.1, -0.05) is 0 Å². The second-order valence-corrected chi connectivity index (χ2v) is 9.39. The zero-order valence-electron chi connectivity index (χ0n) is 17.9. The Kier molecular flexibility index (Phi) is 5.01. The molecule has 10 atom stereocenters. The third kappa shape index (κ3) is 3.86. The van der Waals surface area contributed by atoms with Gasteiger partial charge in [0, 0.05) is 6.42 Å². The van der Waals surface area contributed by atoms with Gasteiger partial charge in [0.1, 0.15) is 30.5 Å². The lowest BCUT2D eigenvalue weighted by Gasteiger charge is -2.39. The quantitative estimate of drug-likeness (QED) is 0.682. The van der Waals surface area contributed by atoms with Gasteiger partial charge in [-0.05, 0) is 41.5 Å². The third-order valence-corrected chi connectivity index (χ3v) is 6.03. The van der Waals surface area contributed by atoms with E-state index >= 15 is 0 Å². The van der Waals surface area contributed by atoms with E-state index < -0.39 is 24.2 Å². The average molecular weight is 416 g/mol. The van der Waals surface area contributed by atoms with Crippen molar-refractivity contribution in [1.82, 2.24) is 0 Å². The highest BCUT2D eigenvalue weighted by Gasteiger charge is 2.60. The molecule has 0 saturated carbocycles. The van der Waals surface area contributed by atoms with Crippen molar-refractivity contribution in [2.75, 3.05) is 6.61 Å². The third-order valence-electron chi connectivity index (χ3n) is 6.03. The SMILES string of the molecule is CC1O[C@H]2[C@H](C)O[C@@H](OC[C@H]3O[C@@H]4OC(C)(C)O[C@@H]4[C@H]4OC(C)(C)O[C@H]43)C[C@H]2O1. The molecule has 0 aliphatic carbocycles. The Bertz CT molecular complexity index is 625. The summed E-state index contributed by atoms with van der Waals surface area (Å²) in [6.45, 7) is 11.7. The fraction of sp³-hybridized carbons (Fsp3) is 1.00. The Morgan fingerprint density at radius 3 is 2.24 bits per heavy atom. The Balaban J connectivity index is 1.25. The summed E-state index contributed by atoms with van der Waals surface area (Å²) in [5.74, 6) is -1.46. The molecule has 0 bridgehead atoms. The van der Waals surface area contributed by atoms with Crippen LogP contribution in [0.5, 0.6) is 0 Å². The van der Waals surface area contributed by atoms with Gasteiger partial charge in [-0.2, -0.15) is 0 Å². The van der Waals surface area contributed by atoms with Gasteiger partial charge in [-0.3, -0.25) is 0 Å². The molecule has 5 saturated heterocycles. The lowest BCUT2D eigenvalue weighted by Crippen LogP contribution is -2.56. The molecule has 5 aliphatic heterocycles. The van der Waals surface area contributed by atoms with Crippen molar-refractivity contribution in [3.8, 4) is 0 Å². The molecule has 0 N–H and O–H groups in total. The summed E-state index contributed by atoms with van der Waals surface area (Å²) in [6.07, 6.45) is -2.03. The van der Waals surface area contributed by atoms with Gasteiger partial charge in [-0.15, -0.1) is 0 Å². The summed E-state index contributed by atoms with van der Waals surface area (Å²) in [7, 11) is 0. The van der Waals surface area contributed by atoms with Crippen LogP contribution in [0.3, 0.4) is 0 Å². The fourth-order valence-electron chi connectivity index (χ4n) is 4.97. The second kappa shape index (κ2) is 7.08. The molecule has 0 spiro atoms. The summed E-state index contributed by atoms with van der Waals surface area (Å²) >= 11 is 0. The predicted molar refractivity (Wildman–Crippen MR) is 96.6 cm³/mol. The minimum atomic E-state index is -0.737. The minimum absolute atomic E-state index is 0.0273. The molecular weight excluding hydrogens is 384 g/mol. The maximum Gasteiger partial charge on any atom is 0.190 e. The van der Waals surface area contributed by atoms with Gasteiger partial charge < -0.3 is 42.6 Å². The highest BCUT2D eigenvalue weighted by Crippen LogP contribution is 2.44. The Morgan fingerprint density at radius 1 is 0.759 bits per heavy atom. The molecule has 166 valence electrons. The molecular formula is C20H32O9. The highest BCUT2D eigenvalue weighted by atomic mass is 16.9. The largest absolute Gasteiger partial charge is 0.350 e. The minimum Gasteiger partial charge on any atom is -0.350 e. The van der Waals surface area contributed by atoms with Gasteiger partial charge in [0.2, 0.25) is 0 Å². The molecule has 0 radical (unpaired) electrons. The van der Waals surface area contributed by atoms with E-state index in [1.54, 1.807) is 0 Å². The van der Waals surface area contributed by atoms with Crippen molar-refractivity contribution in [1.29, 1.82) is 0 Å². The summed E-state index contributed by atoms with van der Waals surface area (Å²) in [4.78, 5) is 0. The van der Waals surface area contributed by atoms with Gasteiger partial charge >= 0.3 is 0 Å². The first-order valence-electron chi connectivity index (χ1n) is 10.5. The van der Waals surface area contributed by atoms with E-state index in [-0.39, 0.29) is 49.0 Å². The molecule has 9 heteroatoms. The van der Waals surface area contributed by atoms with E-state index in [0.29, 0.717) is 13.0 Å². The monoisotopic (exact) mass is 416 g/mol. The van der Waals surface area contributed by atoms with E-state index in [2.05, 4.69) is 0 Å². The topological polar surface area (TPSA) is 83.1 Å². The molecule has 29 heavy (non-hydrogen) atoms. The molecule has 5 fully saturated rings. The van der Waals surface area contributed by atoms with E-state index in [9.17, 15) is 0 Å². The zero-order valence-corrected chi connectivity index (χ0v) is 17.9. The van der Waals surface area contributed by atoms with Crippen LogP contribution in [0.25, 0.3) is 0 Å². The number of hydrogen-bond acceptors (Lipinski definition) is 9. The molecule has 1 unspecified atom stereocenters. The van der Waals surface area contributed by atoms with Crippen molar-refractivity contribution in [3.63, 3.8) is 0 Å². The number of ether oxygens (including phenoxy) is 9. The van der Waals surface area contributed by atoms with Gasteiger partial charge in [0.15, 0.2) is 30.4 Å². The molecule has 0 amide bonds. The van der Waals surface area contributed by atoms with E-state index in [1.165, 1.54) is 0 Å². The van der Waals surface area contributed by atoms with Crippen molar-refractivity contribution in [3.05, 3.63) is 0 Å². The lowest BCUT2D eigenvalue weighted by molar-refractivity contribution is -0.272. The molecule has 0 aromatic carbocycles. The standard InChI is InChI=1S/C20H32O9/c1-9-14-11(23-10(2)24-14)7-13(22-9)21-8-12-15-16(27-19(3,4)26-15)17-18(25-12)29-20(5,6)28-17/h9-18H,7-8H2,1-6H3/t9-,10?,11+,12+,13+,14-,15-,16-,17+,18+/m0/s1. The fourth-order valence-corrected chi connectivity index (χ4v) is 4.97. The first kappa shape index (κ1) is 20.5. The van der Waals surface area contributed by atoms with Crippen LogP contribution in [0.2, 0.25) is 0 Å². The Hall–Kier alpha value is -0.360. The predicted octanol–water partition coefficient (Wildman–Crippen LogP) is 1.66. The van der Waals surface area contributed by atoms with Crippen LogP contribution >= 0.6 is 0 Å². The zero-order chi connectivity index (χ0) is 20.6. The maximum absolute atomic E-state index is 6.19. The smallest absolute Gasteiger partial charge is 0.190 e. The van der Waals surface area contributed by atoms with Crippen molar-refractivity contribution < 1.29 is 42.6 Å². The molecule has 9 nitrogen and oxygen atoms in total. The van der Waals surface area contributed by atoms with Crippen LogP contribution in [0.15, 0.2) is 0 Å². The second-order valence-electron chi connectivity index (χ2n) is 9.39. The summed E-state index contributed by atoms with van der Waals surface area (Å²) in [5, 5.41) is 0. The summed E-state index contributed by atoms with van der Waals surface area (Å²) < 4.78 is 54.1. The lowest BCUT2D eigenvalue weighted by atomic mass is 9.99.